The SMILES string of the molecule is NCC1CCCN(c2nc3sccn3c2[N+](=O)[O-])C1. The molecule has 102 valence electrons. The summed E-state index contributed by atoms with van der Waals surface area (Å²) in [5, 5.41) is 13.1. The molecule has 0 amide bonds. The van der Waals surface area contributed by atoms with E-state index in [0.29, 0.717) is 23.2 Å². The minimum Gasteiger partial charge on any atom is -0.358 e. The fourth-order valence-corrected chi connectivity index (χ4v) is 3.30. The Morgan fingerprint density at radius 1 is 1.63 bits per heavy atom. The molecule has 0 bridgehead atoms. The second-order valence-corrected chi connectivity index (χ2v) is 5.63. The van der Waals surface area contributed by atoms with Crippen LogP contribution in [0.25, 0.3) is 4.96 Å². The minimum absolute atomic E-state index is 0.0638. The Kier molecular flexibility index (Phi) is 3.11. The third-order valence-electron chi connectivity index (χ3n) is 3.54. The molecule has 0 spiro atoms. The summed E-state index contributed by atoms with van der Waals surface area (Å²) in [5.41, 5.74) is 5.71. The number of anilines is 1. The van der Waals surface area contributed by atoms with Crippen LogP contribution in [0.3, 0.4) is 0 Å². The van der Waals surface area contributed by atoms with Gasteiger partial charge in [0.25, 0.3) is 4.96 Å². The number of hydrogen-bond acceptors (Lipinski definition) is 6. The maximum atomic E-state index is 11.3. The van der Waals surface area contributed by atoms with Crippen molar-refractivity contribution in [1.29, 1.82) is 0 Å². The zero-order chi connectivity index (χ0) is 13.4. The van der Waals surface area contributed by atoms with Gasteiger partial charge < -0.3 is 20.7 Å². The first-order valence-corrected chi connectivity index (χ1v) is 7.13. The third-order valence-corrected chi connectivity index (χ3v) is 4.30. The molecule has 1 aliphatic rings. The Bertz CT molecular complexity index is 607. The second kappa shape index (κ2) is 4.78. The Hall–Kier alpha value is -1.67. The molecule has 2 aromatic rings. The van der Waals surface area contributed by atoms with Crippen LogP contribution in [-0.2, 0) is 0 Å². The molecule has 0 aromatic carbocycles. The van der Waals surface area contributed by atoms with Crippen LogP contribution < -0.4 is 10.6 Å². The van der Waals surface area contributed by atoms with Crippen LogP contribution in [0.1, 0.15) is 12.8 Å². The lowest BCUT2D eigenvalue weighted by Gasteiger charge is -2.31. The normalized spacial score (nSPS) is 20.1. The molecular weight excluding hydrogens is 266 g/mol. The summed E-state index contributed by atoms with van der Waals surface area (Å²) in [6, 6.07) is 0. The largest absolute Gasteiger partial charge is 0.373 e. The summed E-state index contributed by atoms with van der Waals surface area (Å²) in [5.74, 6) is 0.942. The topological polar surface area (TPSA) is 89.7 Å². The van der Waals surface area contributed by atoms with Crippen molar-refractivity contribution in [3.05, 3.63) is 21.7 Å². The van der Waals surface area contributed by atoms with Crippen LogP contribution in [-0.4, -0.2) is 33.9 Å². The molecule has 3 heterocycles. The highest BCUT2D eigenvalue weighted by atomic mass is 32.1. The van der Waals surface area contributed by atoms with Gasteiger partial charge in [-0.2, -0.15) is 9.38 Å². The smallest absolute Gasteiger partial charge is 0.358 e. The highest BCUT2D eigenvalue weighted by molar-refractivity contribution is 7.15. The van der Waals surface area contributed by atoms with Gasteiger partial charge in [0.2, 0.25) is 5.82 Å². The Balaban J connectivity index is 2.01. The molecule has 1 fully saturated rings. The molecule has 2 aromatic heterocycles. The van der Waals surface area contributed by atoms with Gasteiger partial charge in [0.05, 0.1) is 0 Å². The molecule has 19 heavy (non-hydrogen) atoms. The maximum Gasteiger partial charge on any atom is 0.373 e. The monoisotopic (exact) mass is 281 g/mol. The highest BCUT2D eigenvalue weighted by Crippen LogP contribution is 2.33. The lowest BCUT2D eigenvalue weighted by atomic mass is 9.98. The van der Waals surface area contributed by atoms with Gasteiger partial charge >= 0.3 is 5.82 Å². The van der Waals surface area contributed by atoms with E-state index in [1.807, 2.05) is 4.90 Å². The van der Waals surface area contributed by atoms with Crippen LogP contribution in [0.15, 0.2) is 11.6 Å². The first-order chi connectivity index (χ1) is 9.20. The van der Waals surface area contributed by atoms with Crippen molar-refractivity contribution >= 4 is 27.9 Å². The summed E-state index contributed by atoms with van der Waals surface area (Å²) in [6.07, 6.45) is 3.78. The number of hydrogen-bond donors (Lipinski definition) is 1. The van der Waals surface area contributed by atoms with Gasteiger partial charge in [0, 0.05) is 18.5 Å². The minimum atomic E-state index is -0.353. The number of piperidine rings is 1. The van der Waals surface area contributed by atoms with Crippen molar-refractivity contribution in [1.82, 2.24) is 9.38 Å². The average molecular weight is 281 g/mol. The number of nitrogens with two attached hydrogens (primary N) is 1. The number of imidazole rings is 1. The second-order valence-electron chi connectivity index (χ2n) is 4.76. The quantitative estimate of drug-likeness (QED) is 0.680. The number of aromatic nitrogens is 2. The number of rotatable bonds is 3. The highest BCUT2D eigenvalue weighted by Gasteiger charge is 2.30. The van der Waals surface area contributed by atoms with Gasteiger partial charge in [-0.3, -0.25) is 0 Å². The van der Waals surface area contributed by atoms with Gasteiger partial charge in [-0.15, -0.1) is 0 Å². The Morgan fingerprint density at radius 2 is 2.47 bits per heavy atom. The first-order valence-electron chi connectivity index (χ1n) is 6.25. The summed E-state index contributed by atoms with van der Waals surface area (Å²) in [6.45, 7) is 2.18. The maximum absolute atomic E-state index is 11.3. The molecule has 3 rings (SSSR count). The van der Waals surface area contributed by atoms with Crippen molar-refractivity contribution in [2.24, 2.45) is 11.7 Å². The van der Waals surface area contributed by atoms with E-state index in [9.17, 15) is 10.1 Å². The molecule has 7 nitrogen and oxygen atoms in total. The summed E-state index contributed by atoms with van der Waals surface area (Å²) < 4.78 is 1.55. The predicted octanol–water partition coefficient (Wildman–Crippen LogP) is 1.48. The fraction of sp³-hybridized carbons (Fsp3) is 0.545. The van der Waals surface area contributed by atoms with Gasteiger partial charge in [0.1, 0.15) is 6.20 Å². The van der Waals surface area contributed by atoms with Gasteiger partial charge in [0.15, 0.2) is 0 Å². The molecule has 0 radical (unpaired) electrons. The molecule has 8 heteroatoms. The number of nitro groups is 1. The molecule has 2 N–H and O–H groups in total. The predicted molar refractivity (Wildman–Crippen MR) is 73.7 cm³/mol. The average Bonchev–Trinajstić information content (AvgIpc) is 2.98. The van der Waals surface area contributed by atoms with Crippen molar-refractivity contribution < 1.29 is 4.92 Å². The summed E-state index contributed by atoms with van der Waals surface area (Å²) in [7, 11) is 0. The molecule has 0 saturated carbocycles. The number of nitrogens with zero attached hydrogens (tertiary/aromatic N) is 4. The number of fused-ring (bicyclic) bond motifs is 1. The Labute approximate surface area is 113 Å². The molecule has 0 aliphatic carbocycles. The van der Waals surface area contributed by atoms with Crippen molar-refractivity contribution in [3.8, 4) is 0 Å². The van der Waals surface area contributed by atoms with Gasteiger partial charge in [-0.25, -0.2) is 0 Å². The van der Waals surface area contributed by atoms with Crippen molar-refractivity contribution in [2.45, 2.75) is 12.8 Å². The Morgan fingerprint density at radius 3 is 3.21 bits per heavy atom. The van der Waals surface area contributed by atoms with E-state index in [-0.39, 0.29) is 10.7 Å². The summed E-state index contributed by atoms with van der Waals surface area (Å²) >= 11 is 1.41. The molecule has 1 aliphatic heterocycles. The van der Waals surface area contributed by atoms with Crippen molar-refractivity contribution in [3.63, 3.8) is 0 Å². The van der Waals surface area contributed by atoms with Crippen LogP contribution in [0.4, 0.5) is 11.6 Å². The first kappa shape index (κ1) is 12.4. The van der Waals surface area contributed by atoms with Crippen LogP contribution in [0.5, 0.6) is 0 Å². The standard InChI is InChI=1S/C11H15N5O2S/c12-6-8-2-1-3-14(7-8)9-10(16(17)18)15-4-5-19-11(15)13-9/h4-5,8H,1-3,6-7,12H2. The molecule has 1 saturated heterocycles. The van der Waals surface area contributed by atoms with E-state index < -0.39 is 0 Å². The lowest BCUT2D eigenvalue weighted by Crippen LogP contribution is -2.38. The van der Waals surface area contributed by atoms with E-state index in [2.05, 4.69) is 4.98 Å². The van der Waals surface area contributed by atoms with E-state index in [1.54, 1.807) is 16.0 Å². The fourth-order valence-electron chi connectivity index (χ4n) is 2.59. The van der Waals surface area contributed by atoms with Gasteiger partial charge in [-0.1, -0.05) is 11.3 Å². The summed E-state index contributed by atoms with van der Waals surface area (Å²) in [4.78, 5) is 18.0. The molecular formula is C11H15N5O2S. The lowest BCUT2D eigenvalue weighted by molar-refractivity contribution is -0.389. The molecule has 1 unspecified atom stereocenters. The van der Waals surface area contributed by atoms with Crippen LogP contribution >= 0.6 is 11.3 Å². The van der Waals surface area contributed by atoms with E-state index in [1.165, 1.54) is 11.3 Å². The van der Waals surface area contributed by atoms with Crippen LogP contribution in [0.2, 0.25) is 0 Å². The number of thiazole rings is 1. The van der Waals surface area contributed by atoms with E-state index >= 15 is 0 Å². The third kappa shape index (κ3) is 2.06. The zero-order valence-corrected chi connectivity index (χ0v) is 11.2. The zero-order valence-electron chi connectivity index (χ0n) is 10.4. The molecule has 1 atom stereocenters. The van der Waals surface area contributed by atoms with E-state index in [4.69, 9.17) is 5.73 Å². The van der Waals surface area contributed by atoms with Crippen LogP contribution in [0, 0.1) is 16.0 Å². The van der Waals surface area contributed by atoms with E-state index in [0.717, 1.165) is 25.9 Å². The van der Waals surface area contributed by atoms with Gasteiger partial charge in [-0.05, 0) is 30.2 Å². The van der Waals surface area contributed by atoms with Crippen molar-refractivity contribution in [2.75, 3.05) is 24.5 Å².